The van der Waals surface area contributed by atoms with E-state index in [2.05, 4.69) is 17.1 Å². The molecule has 18 heavy (non-hydrogen) atoms. The molecule has 0 spiro atoms. The van der Waals surface area contributed by atoms with Gasteiger partial charge in [0.2, 0.25) is 0 Å². The predicted octanol–water partition coefficient (Wildman–Crippen LogP) is 1.26. The van der Waals surface area contributed by atoms with Gasteiger partial charge in [-0.1, -0.05) is 0 Å². The van der Waals surface area contributed by atoms with Crippen LogP contribution < -0.4 is 5.32 Å². The van der Waals surface area contributed by atoms with E-state index in [1.807, 2.05) is 0 Å². The summed E-state index contributed by atoms with van der Waals surface area (Å²) in [5.41, 5.74) is 0. The first-order valence-electron chi connectivity index (χ1n) is 7.53. The van der Waals surface area contributed by atoms with Gasteiger partial charge in [0.05, 0.1) is 6.10 Å². The summed E-state index contributed by atoms with van der Waals surface area (Å²) < 4.78 is 11.0. The first-order valence-corrected chi connectivity index (χ1v) is 7.53. The van der Waals surface area contributed by atoms with Crippen molar-refractivity contribution in [3.8, 4) is 0 Å². The van der Waals surface area contributed by atoms with Crippen molar-refractivity contribution in [2.45, 2.75) is 44.8 Å². The number of hydrogen-bond acceptors (Lipinski definition) is 4. The van der Waals surface area contributed by atoms with Gasteiger partial charge in [0, 0.05) is 52.0 Å². The molecule has 4 heteroatoms. The highest BCUT2D eigenvalue weighted by molar-refractivity contribution is 4.75. The number of nitrogens with zero attached hydrogens (tertiary/aromatic N) is 1. The molecule has 0 unspecified atom stereocenters. The van der Waals surface area contributed by atoms with Crippen molar-refractivity contribution in [1.29, 1.82) is 0 Å². The summed E-state index contributed by atoms with van der Waals surface area (Å²) in [4.78, 5) is 2.56. The van der Waals surface area contributed by atoms with Gasteiger partial charge < -0.3 is 19.7 Å². The number of nitrogens with one attached hydrogen (secondary N) is 1. The number of ether oxygens (including phenoxy) is 2. The largest absolute Gasteiger partial charge is 0.381 e. The van der Waals surface area contributed by atoms with Gasteiger partial charge in [-0.25, -0.2) is 0 Å². The summed E-state index contributed by atoms with van der Waals surface area (Å²) in [6.45, 7) is 9.48. The van der Waals surface area contributed by atoms with Crippen LogP contribution in [0.5, 0.6) is 0 Å². The molecule has 0 radical (unpaired) electrons. The van der Waals surface area contributed by atoms with Crippen LogP contribution >= 0.6 is 0 Å². The zero-order valence-corrected chi connectivity index (χ0v) is 11.7. The molecule has 2 heterocycles. The molecule has 0 bridgehead atoms. The second-order valence-electron chi connectivity index (χ2n) is 5.34. The highest BCUT2D eigenvalue weighted by Gasteiger charge is 2.19. The van der Waals surface area contributed by atoms with Crippen LogP contribution in [0.15, 0.2) is 0 Å². The van der Waals surface area contributed by atoms with E-state index in [9.17, 15) is 0 Å². The van der Waals surface area contributed by atoms with Gasteiger partial charge in [0.15, 0.2) is 0 Å². The summed E-state index contributed by atoms with van der Waals surface area (Å²) in [5, 5.41) is 3.65. The third-order valence-electron chi connectivity index (χ3n) is 4.02. The summed E-state index contributed by atoms with van der Waals surface area (Å²) in [6, 6.07) is 0.680. The highest BCUT2D eigenvalue weighted by Crippen LogP contribution is 2.13. The summed E-state index contributed by atoms with van der Waals surface area (Å²) in [5.74, 6) is 0. The van der Waals surface area contributed by atoms with E-state index in [4.69, 9.17) is 9.47 Å². The van der Waals surface area contributed by atoms with Gasteiger partial charge in [-0.3, -0.25) is 0 Å². The second kappa shape index (κ2) is 8.10. The van der Waals surface area contributed by atoms with Crippen LogP contribution in [0, 0.1) is 0 Å². The Hall–Kier alpha value is -0.160. The van der Waals surface area contributed by atoms with Gasteiger partial charge in [-0.15, -0.1) is 0 Å². The fraction of sp³-hybridized carbons (Fsp3) is 1.00. The van der Waals surface area contributed by atoms with Gasteiger partial charge in [-0.2, -0.15) is 0 Å². The number of rotatable bonds is 6. The van der Waals surface area contributed by atoms with Crippen LogP contribution in [-0.2, 0) is 9.47 Å². The lowest BCUT2D eigenvalue weighted by Crippen LogP contribution is -2.43. The van der Waals surface area contributed by atoms with Crippen LogP contribution in [0.2, 0.25) is 0 Å². The lowest BCUT2D eigenvalue weighted by molar-refractivity contribution is 0.0140. The van der Waals surface area contributed by atoms with Crippen molar-refractivity contribution >= 4 is 0 Å². The first kappa shape index (κ1) is 14.3. The van der Waals surface area contributed by atoms with E-state index in [-0.39, 0.29) is 0 Å². The SMILES string of the molecule is CCOC1CCN(CCNC2CCOCC2)CC1. The average molecular weight is 256 g/mol. The Morgan fingerprint density at radius 2 is 1.89 bits per heavy atom. The Kier molecular flexibility index (Phi) is 6.41. The van der Waals surface area contributed by atoms with E-state index in [1.165, 1.54) is 45.3 Å². The summed E-state index contributed by atoms with van der Waals surface area (Å²) >= 11 is 0. The molecule has 2 aliphatic heterocycles. The minimum absolute atomic E-state index is 0.509. The van der Waals surface area contributed by atoms with Gasteiger partial charge in [0.25, 0.3) is 0 Å². The lowest BCUT2D eigenvalue weighted by atomic mass is 10.1. The van der Waals surface area contributed by atoms with Crippen LogP contribution in [-0.4, -0.2) is 63.0 Å². The van der Waals surface area contributed by atoms with Crippen molar-refractivity contribution in [2.24, 2.45) is 0 Å². The normalized spacial score (nSPS) is 24.5. The molecule has 2 fully saturated rings. The molecule has 0 aliphatic carbocycles. The van der Waals surface area contributed by atoms with Gasteiger partial charge in [0.1, 0.15) is 0 Å². The maximum atomic E-state index is 5.67. The van der Waals surface area contributed by atoms with Crippen LogP contribution in [0.3, 0.4) is 0 Å². The predicted molar refractivity (Wildman–Crippen MR) is 72.9 cm³/mol. The molecular formula is C14H28N2O2. The fourth-order valence-corrected chi connectivity index (χ4v) is 2.86. The first-order chi connectivity index (χ1) is 8.88. The molecule has 106 valence electrons. The maximum Gasteiger partial charge on any atom is 0.0599 e. The smallest absolute Gasteiger partial charge is 0.0599 e. The van der Waals surface area contributed by atoms with Gasteiger partial charge >= 0.3 is 0 Å². The third-order valence-corrected chi connectivity index (χ3v) is 4.02. The zero-order valence-electron chi connectivity index (χ0n) is 11.7. The maximum absolute atomic E-state index is 5.67. The van der Waals surface area contributed by atoms with E-state index in [0.717, 1.165) is 26.4 Å². The van der Waals surface area contributed by atoms with Crippen LogP contribution in [0.1, 0.15) is 32.6 Å². The molecule has 0 aromatic heterocycles. The third kappa shape index (κ3) is 4.84. The molecule has 1 N–H and O–H groups in total. The van der Waals surface area contributed by atoms with E-state index in [0.29, 0.717) is 12.1 Å². The lowest BCUT2D eigenvalue weighted by Gasteiger charge is -2.32. The zero-order chi connectivity index (χ0) is 12.6. The minimum atomic E-state index is 0.509. The van der Waals surface area contributed by atoms with E-state index >= 15 is 0 Å². The Balaban J connectivity index is 1.52. The quantitative estimate of drug-likeness (QED) is 0.775. The number of hydrogen-bond donors (Lipinski definition) is 1. The summed E-state index contributed by atoms with van der Waals surface area (Å²) in [7, 11) is 0. The molecule has 0 atom stereocenters. The molecular weight excluding hydrogens is 228 g/mol. The molecule has 4 nitrogen and oxygen atoms in total. The Bertz CT molecular complexity index is 212. The summed E-state index contributed by atoms with van der Waals surface area (Å²) in [6.07, 6.45) is 5.25. The van der Waals surface area contributed by atoms with E-state index in [1.54, 1.807) is 0 Å². The fourth-order valence-electron chi connectivity index (χ4n) is 2.86. The molecule has 2 aliphatic rings. The molecule has 0 aromatic carbocycles. The van der Waals surface area contributed by atoms with Crippen molar-refractivity contribution in [3.63, 3.8) is 0 Å². The Labute approximate surface area is 111 Å². The second-order valence-corrected chi connectivity index (χ2v) is 5.34. The Morgan fingerprint density at radius 3 is 2.56 bits per heavy atom. The van der Waals surface area contributed by atoms with E-state index < -0.39 is 0 Å². The van der Waals surface area contributed by atoms with Crippen LogP contribution in [0.25, 0.3) is 0 Å². The Morgan fingerprint density at radius 1 is 1.17 bits per heavy atom. The highest BCUT2D eigenvalue weighted by atomic mass is 16.5. The minimum Gasteiger partial charge on any atom is -0.381 e. The average Bonchev–Trinajstić information content (AvgIpc) is 2.42. The molecule has 2 rings (SSSR count). The van der Waals surface area contributed by atoms with Crippen molar-refractivity contribution in [1.82, 2.24) is 10.2 Å². The number of likely N-dealkylation sites (tertiary alicyclic amines) is 1. The topological polar surface area (TPSA) is 33.7 Å². The molecule has 0 saturated carbocycles. The molecule has 0 aromatic rings. The molecule has 2 saturated heterocycles. The monoisotopic (exact) mass is 256 g/mol. The van der Waals surface area contributed by atoms with Crippen molar-refractivity contribution in [2.75, 3.05) is 46.0 Å². The van der Waals surface area contributed by atoms with Crippen molar-refractivity contribution < 1.29 is 9.47 Å². The standard InChI is InChI=1S/C14H28N2O2/c1-2-18-14-3-8-16(9-4-14)10-7-15-13-5-11-17-12-6-13/h13-15H,2-12H2,1H3. The van der Waals surface area contributed by atoms with Crippen LogP contribution in [0.4, 0.5) is 0 Å². The molecule has 0 amide bonds. The number of piperidine rings is 1. The van der Waals surface area contributed by atoms with Crippen molar-refractivity contribution in [3.05, 3.63) is 0 Å². The van der Waals surface area contributed by atoms with Gasteiger partial charge in [-0.05, 0) is 32.6 Å².